The van der Waals surface area contributed by atoms with Crippen molar-refractivity contribution in [2.24, 2.45) is 0 Å². The van der Waals surface area contributed by atoms with Gasteiger partial charge in [-0.15, -0.1) is 10.2 Å². The highest BCUT2D eigenvalue weighted by atomic mass is 15.3. The van der Waals surface area contributed by atoms with Crippen molar-refractivity contribution in [2.75, 3.05) is 4.90 Å². The number of hydrogen-bond donors (Lipinski definition) is 0. The summed E-state index contributed by atoms with van der Waals surface area (Å²) in [5, 5.41) is 9.84. The minimum Gasteiger partial charge on any atom is -0.310 e. The number of anilines is 3. The van der Waals surface area contributed by atoms with Gasteiger partial charge in [-0.2, -0.15) is 0 Å². The molecule has 0 amide bonds. The number of unbranched alkanes of at least 4 members (excludes halogenated alkanes) is 8. The van der Waals surface area contributed by atoms with E-state index in [0.29, 0.717) is 0 Å². The minimum atomic E-state index is -0.117. The molecule has 628 valence electrons. The lowest BCUT2D eigenvalue weighted by Gasteiger charge is -2.34. The molecule has 14 aromatic rings. The average molecular weight is 1630 g/mol. The molecule has 0 radical (unpaired) electrons. The Morgan fingerprint density at radius 2 is 0.460 bits per heavy atom. The van der Waals surface area contributed by atoms with Crippen LogP contribution in [0.4, 0.5) is 17.1 Å². The standard InChI is InChI=1S/C120H128N4/c1-12-20-67-117(68-21-13-2)106-75-86(83-43-45-84(46-44-83)114-121-122-115(124(114)96-41-35-30-36-42-96)85-47-56-93(57-48-85)116(9,10)11)49-59-98(106)99-60-50-87(76-107(99)117)88-51-61-100-101-62-52-89(78-109(101)118(69-22-14-3,70-23-15-4)108(100)77-88)90-53-63-102-103-64-54-91(80-111(103)119(71-24-16-5,72-25-17-6)110(102)79-90)92-55-65-104-105-66-58-97(123(94-37-31-28-32-38-94)95-39-33-29-34-40-95)82-113(105)120(73-26-18-7,74-27-19-8)112(104)81-92/h28-66,75-82H,12-27,67-74H2,1-11H3. The third-order valence-corrected chi connectivity index (χ3v) is 29.5. The van der Waals surface area contributed by atoms with Crippen LogP contribution in [0.3, 0.4) is 0 Å². The van der Waals surface area contributed by atoms with E-state index in [1.807, 2.05) is 0 Å². The molecule has 4 aliphatic carbocycles. The van der Waals surface area contributed by atoms with Crippen molar-refractivity contribution < 1.29 is 0 Å². The average Bonchev–Trinajstić information content (AvgIpc) is 1.56. The minimum absolute atomic E-state index is 0.0521. The van der Waals surface area contributed by atoms with Gasteiger partial charge in [0.25, 0.3) is 0 Å². The smallest absolute Gasteiger partial charge is 0.168 e. The van der Waals surface area contributed by atoms with Crippen LogP contribution in [0, 0.1) is 0 Å². The fourth-order valence-electron chi connectivity index (χ4n) is 22.9. The Kier molecular flexibility index (Phi) is 23.9. The van der Waals surface area contributed by atoms with Gasteiger partial charge in [-0.05, 0) is 287 Å². The van der Waals surface area contributed by atoms with Crippen LogP contribution in [0.1, 0.15) is 280 Å². The number of aromatic nitrogens is 3. The van der Waals surface area contributed by atoms with Crippen molar-refractivity contribution in [3.05, 3.63) is 335 Å². The lowest BCUT2D eigenvalue weighted by atomic mass is 9.69. The van der Waals surface area contributed by atoms with Crippen LogP contribution in [-0.4, -0.2) is 14.8 Å². The zero-order valence-corrected chi connectivity index (χ0v) is 75.9. The lowest BCUT2D eigenvalue weighted by Crippen LogP contribution is -2.26. The monoisotopic (exact) mass is 1630 g/mol. The van der Waals surface area contributed by atoms with E-state index in [2.05, 4.69) is 371 Å². The van der Waals surface area contributed by atoms with E-state index in [0.717, 1.165) is 106 Å². The first-order valence-corrected chi connectivity index (χ1v) is 48.0. The molecule has 124 heavy (non-hydrogen) atoms. The van der Waals surface area contributed by atoms with E-state index < -0.39 is 0 Å². The molecule has 4 aliphatic rings. The molecular formula is C120H128N4. The Balaban J connectivity index is 0.678. The normalized spacial score (nSPS) is 14.3. The van der Waals surface area contributed by atoms with Crippen LogP contribution in [0.15, 0.2) is 285 Å². The summed E-state index contributed by atoms with van der Waals surface area (Å²) in [6.07, 6.45) is 27.8. The van der Waals surface area contributed by atoms with Gasteiger partial charge in [-0.25, -0.2) is 0 Å². The first-order valence-electron chi connectivity index (χ1n) is 48.0. The van der Waals surface area contributed by atoms with Crippen LogP contribution in [0.25, 0.3) is 117 Å². The van der Waals surface area contributed by atoms with E-state index in [9.17, 15) is 0 Å². The van der Waals surface area contributed by atoms with Gasteiger partial charge in [-0.1, -0.05) is 373 Å². The van der Waals surface area contributed by atoms with Gasteiger partial charge in [0.15, 0.2) is 11.6 Å². The van der Waals surface area contributed by atoms with Gasteiger partial charge in [0.1, 0.15) is 0 Å². The highest BCUT2D eigenvalue weighted by Crippen LogP contribution is 2.62. The second-order valence-electron chi connectivity index (χ2n) is 38.1. The quantitative estimate of drug-likeness (QED) is 0.0403. The molecular weight excluding hydrogens is 1500 g/mol. The van der Waals surface area contributed by atoms with Gasteiger partial charge in [0.2, 0.25) is 0 Å². The number of nitrogens with zero attached hydrogens (tertiary/aromatic N) is 4. The maximum Gasteiger partial charge on any atom is 0.168 e. The van der Waals surface area contributed by atoms with Gasteiger partial charge in [0.05, 0.1) is 0 Å². The summed E-state index contributed by atoms with van der Waals surface area (Å²) in [7, 11) is 0. The summed E-state index contributed by atoms with van der Waals surface area (Å²) in [6.45, 7) is 25.9. The largest absolute Gasteiger partial charge is 0.310 e. The zero-order chi connectivity index (χ0) is 85.3. The Hall–Kier alpha value is -11.2. The molecule has 1 heterocycles. The number of hydrogen-bond acceptors (Lipinski definition) is 3. The maximum absolute atomic E-state index is 4.94. The SMILES string of the molecule is CCCCC1(CCCC)c2cc(-c3ccc(-c4nnc(-c5ccc(C(C)(C)C)cc5)n4-c4ccccc4)cc3)ccc2-c2ccc(-c3ccc4c(c3)C(CCCC)(CCCC)c3cc(-c5ccc6c(c5)C(CCCC)(CCCC)c5cc(-c7ccc8c(c7)C(CCCC)(CCCC)c7cc(N(c9ccccc9)c9ccccc9)ccc7-8)ccc5-6)ccc3-4)cc21. The van der Waals surface area contributed by atoms with E-state index in [1.165, 1.54) is 217 Å². The predicted molar refractivity (Wildman–Crippen MR) is 528 cm³/mol. The van der Waals surface area contributed by atoms with Crippen molar-refractivity contribution in [3.63, 3.8) is 0 Å². The molecule has 0 atom stereocenters. The highest BCUT2D eigenvalue weighted by Gasteiger charge is 2.48. The Morgan fingerprint density at radius 3 is 0.726 bits per heavy atom. The highest BCUT2D eigenvalue weighted by molar-refractivity contribution is 5.93. The van der Waals surface area contributed by atoms with Crippen molar-refractivity contribution in [3.8, 4) is 117 Å². The van der Waals surface area contributed by atoms with E-state index >= 15 is 0 Å². The van der Waals surface area contributed by atoms with Crippen molar-refractivity contribution >= 4 is 17.1 Å². The predicted octanol–water partition coefficient (Wildman–Crippen LogP) is 34.6. The van der Waals surface area contributed by atoms with Gasteiger partial charge < -0.3 is 4.90 Å². The molecule has 4 nitrogen and oxygen atoms in total. The van der Waals surface area contributed by atoms with E-state index in [4.69, 9.17) is 10.2 Å². The molecule has 0 saturated heterocycles. The van der Waals surface area contributed by atoms with Gasteiger partial charge in [-0.3, -0.25) is 4.57 Å². The molecule has 0 unspecified atom stereocenters. The molecule has 13 aromatic carbocycles. The second kappa shape index (κ2) is 35.4. The van der Waals surface area contributed by atoms with E-state index in [-0.39, 0.29) is 27.1 Å². The molecule has 0 aliphatic heterocycles. The third-order valence-electron chi connectivity index (χ3n) is 29.5. The summed E-state index contributed by atoms with van der Waals surface area (Å²) in [6, 6.07) is 112. The van der Waals surface area contributed by atoms with Gasteiger partial charge in [0, 0.05) is 55.5 Å². The van der Waals surface area contributed by atoms with Crippen LogP contribution in [0.5, 0.6) is 0 Å². The third kappa shape index (κ3) is 14.9. The zero-order valence-electron chi connectivity index (χ0n) is 75.9. The van der Waals surface area contributed by atoms with Crippen LogP contribution in [0.2, 0.25) is 0 Å². The molecule has 0 bridgehead atoms. The second-order valence-corrected chi connectivity index (χ2v) is 38.1. The summed E-state index contributed by atoms with van der Waals surface area (Å²) < 4.78 is 2.22. The number of benzene rings is 13. The molecule has 0 saturated carbocycles. The van der Waals surface area contributed by atoms with Crippen LogP contribution < -0.4 is 4.90 Å². The molecule has 4 heteroatoms. The molecule has 1 aromatic heterocycles. The van der Waals surface area contributed by atoms with E-state index in [1.54, 1.807) is 16.7 Å². The van der Waals surface area contributed by atoms with Crippen LogP contribution >= 0.6 is 0 Å². The van der Waals surface area contributed by atoms with Gasteiger partial charge >= 0.3 is 0 Å². The molecule has 0 N–H and O–H groups in total. The Bertz CT molecular complexity index is 6080. The summed E-state index contributed by atoms with van der Waals surface area (Å²) >= 11 is 0. The fourth-order valence-corrected chi connectivity index (χ4v) is 22.9. The van der Waals surface area contributed by atoms with Crippen molar-refractivity contribution in [1.29, 1.82) is 0 Å². The molecule has 0 fully saturated rings. The topological polar surface area (TPSA) is 34.0 Å². The lowest BCUT2D eigenvalue weighted by molar-refractivity contribution is 0.414. The fraction of sp³-hybridized carbons (Fsp3) is 0.333. The maximum atomic E-state index is 4.94. The summed E-state index contributed by atoms with van der Waals surface area (Å²) in [5.41, 5.74) is 41.7. The first kappa shape index (κ1) is 83.7. The van der Waals surface area contributed by atoms with Crippen molar-refractivity contribution in [2.45, 2.75) is 257 Å². The number of fused-ring (bicyclic) bond motifs is 12. The molecule has 18 rings (SSSR count). The van der Waals surface area contributed by atoms with Crippen LogP contribution in [-0.2, 0) is 27.1 Å². The first-order chi connectivity index (χ1) is 60.7. The number of rotatable bonds is 34. The Labute approximate surface area is 741 Å². The molecule has 0 spiro atoms. The summed E-state index contributed by atoms with van der Waals surface area (Å²) in [5.74, 6) is 1.66. The number of para-hydroxylation sites is 3. The Morgan fingerprint density at radius 1 is 0.234 bits per heavy atom. The summed E-state index contributed by atoms with van der Waals surface area (Å²) in [4.78, 5) is 2.46. The van der Waals surface area contributed by atoms with Crippen molar-refractivity contribution in [1.82, 2.24) is 14.8 Å².